The highest BCUT2D eigenvalue weighted by Crippen LogP contribution is 2.30. The summed E-state index contributed by atoms with van der Waals surface area (Å²) >= 11 is 0. The number of benzene rings is 1. The summed E-state index contributed by atoms with van der Waals surface area (Å²) in [6.45, 7) is 8.02. The van der Waals surface area contributed by atoms with Gasteiger partial charge in [-0.15, -0.1) is 0 Å². The SMILES string of the molecule is Cc1ccc2c(c1)CC(CN(CCC(N)=NO)C(C)C)O2. The summed E-state index contributed by atoms with van der Waals surface area (Å²) in [4.78, 5) is 2.31. The highest BCUT2D eigenvalue weighted by Gasteiger charge is 2.25. The molecule has 0 saturated carbocycles. The zero-order valence-electron chi connectivity index (χ0n) is 13.0. The molecule has 0 aliphatic carbocycles. The average molecular weight is 291 g/mol. The maximum Gasteiger partial charge on any atom is 0.140 e. The van der Waals surface area contributed by atoms with Gasteiger partial charge in [-0.2, -0.15) is 0 Å². The molecule has 1 aliphatic heterocycles. The molecule has 0 bridgehead atoms. The largest absolute Gasteiger partial charge is 0.488 e. The highest BCUT2D eigenvalue weighted by atomic mass is 16.5. The van der Waals surface area contributed by atoms with Crippen LogP contribution in [0.3, 0.4) is 0 Å². The van der Waals surface area contributed by atoms with E-state index in [1.807, 2.05) is 0 Å². The van der Waals surface area contributed by atoms with Crippen molar-refractivity contribution in [1.29, 1.82) is 0 Å². The molecule has 1 aromatic carbocycles. The summed E-state index contributed by atoms with van der Waals surface area (Å²) in [6.07, 6.45) is 1.69. The van der Waals surface area contributed by atoms with Gasteiger partial charge in [0.15, 0.2) is 0 Å². The van der Waals surface area contributed by atoms with Gasteiger partial charge in [-0.1, -0.05) is 22.9 Å². The quantitative estimate of drug-likeness (QED) is 0.364. The first-order chi connectivity index (χ1) is 9.99. The highest BCUT2D eigenvalue weighted by molar-refractivity contribution is 5.79. The smallest absolute Gasteiger partial charge is 0.140 e. The fourth-order valence-electron chi connectivity index (χ4n) is 2.68. The maximum absolute atomic E-state index is 8.63. The zero-order valence-corrected chi connectivity index (χ0v) is 13.0. The number of aryl methyl sites for hydroxylation is 1. The predicted molar refractivity (Wildman–Crippen MR) is 84.0 cm³/mol. The van der Waals surface area contributed by atoms with Crippen LogP contribution in [0.4, 0.5) is 0 Å². The summed E-state index contributed by atoms with van der Waals surface area (Å²) in [5, 5.41) is 11.7. The first kappa shape index (κ1) is 15.6. The number of nitrogens with zero attached hydrogens (tertiary/aromatic N) is 2. The van der Waals surface area contributed by atoms with Gasteiger partial charge in [0.05, 0.1) is 0 Å². The Hall–Kier alpha value is -1.75. The van der Waals surface area contributed by atoms with Crippen LogP contribution in [-0.2, 0) is 6.42 Å². The lowest BCUT2D eigenvalue weighted by atomic mass is 10.1. The molecule has 0 aromatic heterocycles. The van der Waals surface area contributed by atoms with Crippen molar-refractivity contribution in [3.8, 4) is 5.75 Å². The van der Waals surface area contributed by atoms with E-state index in [0.717, 1.165) is 25.3 Å². The van der Waals surface area contributed by atoms with Gasteiger partial charge in [0.25, 0.3) is 0 Å². The van der Waals surface area contributed by atoms with E-state index in [9.17, 15) is 0 Å². The molecule has 0 spiro atoms. The molecule has 2 rings (SSSR count). The molecule has 0 fully saturated rings. The van der Waals surface area contributed by atoms with Gasteiger partial charge in [0, 0.05) is 32.0 Å². The Kier molecular flexibility index (Phi) is 5.07. The Labute approximate surface area is 126 Å². The second kappa shape index (κ2) is 6.80. The fourth-order valence-corrected chi connectivity index (χ4v) is 2.68. The van der Waals surface area contributed by atoms with Gasteiger partial charge in [0.1, 0.15) is 17.7 Å². The third-order valence-corrected chi connectivity index (χ3v) is 3.91. The van der Waals surface area contributed by atoms with Crippen LogP contribution in [0.5, 0.6) is 5.75 Å². The molecule has 1 unspecified atom stereocenters. The van der Waals surface area contributed by atoms with Crippen molar-refractivity contribution in [2.45, 2.75) is 45.8 Å². The first-order valence-corrected chi connectivity index (χ1v) is 7.46. The van der Waals surface area contributed by atoms with Gasteiger partial charge < -0.3 is 15.7 Å². The van der Waals surface area contributed by atoms with Gasteiger partial charge in [-0.3, -0.25) is 4.90 Å². The molecule has 3 N–H and O–H groups in total. The lowest BCUT2D eigenvalue weighted by Gasteiger charge is -2.28. The lowest BCUT2D eigenvalue weighted by molar-refractivity contribution is 0.130. The Morgan fingerprint density at radius 3 is 2.95 bits per heavy atom. The molecule has 0 radical (unpaired) electrons. The Balaban J connectivity index is 1.93. The van der Waals surface area contributed by atoms with Crippen LogP contribution in [0.15, 0.2) is 23.4 Å². The molecule has 0 saturated heterocycles. The van der Waals surface area contributed by atoms with Crippen molar-refractivity contribution >= 4 is 5.84 Å². The third kappa shape index (κ3) is 4.11. The van der Waals surface area contributed by atoms with Gasteiger partial charge in [-0.05, 0) is 32.4 Å². The van der Waals surface area contributed by atoms with E-state index in [2.05, 4.69) is 49.0 Å². The van der Waals surface area contributed by atoms with E-state index in [1.165, 1.54) is 11.1 Å². The monoisotopic (exact) mass is 291 g/mol. The Bertz CT molecular complexity index is 514. The number of oxime groups is 1. The minimum absolute atomic E-state index is 0.177. The summed E-state index contributed by atoms with van der Waals surface area (Å²) in [5.41, 5.74) is 8.12. The molecule has 1 atom stereocenters. The molecule has 5 heteroatoms. The van der Waals surface area contributed by atoms with E-state index in [-0.39, 0.29) is 11.9 Å². The molecule has 116 valence electrons. The van der Waals surface area contributed by atoms with E-state index in [4.69, 9.17) is 15.7 Å². The molecule has 0 amide bonds. The number of hydrogen-bond acceptors (Lipinski definition) is 4. The maximum atomic E-state index is 8.63. The van der Waals surface area contributed by atoms with E-state index >= 15 is 0 Å². The van der Waals surface area contributed by atoms with Crippen molar-refractivity contribution in [2.24, 2.45) is 10.9 Å². The topological polar surface area (TPSA) is 71.1 Å². The van der Waals surface area contributed by atoms with Crippen LogP contribution >= 0.6 is 0 Å². The van der Waals surface area contributed by atoms with E-state index < -0.39 is 0 Å². The van der Waals surface area contributed by atoms with Crippen LogP contribution in [0.1, 0.15) is 31.4 Å². The summed E-state index contributed by atoms with van der Waals surface area (Å²) < 4.78 is 6.02. The molecule has 5 nitrogen and oxygen atoms in total. The molecular formula is C16H25N3O2. The standard InChI is InChI=1S/C16H25N3O2/c1-11(2)19(7-6-16(17)18-20)10-14-9-13-8-12(3)4-5-15(13)21-14/h4-5,8,11,14,20H,6-7,9-10H2,1-3H3,(H2,17,18). The minimum atomic E-state index is 0.177. The fraction of sp³-hybridized carbons (Fsp3) is 0.562. The van der Waals surface area contributed by atoms with Crippen molar-refractivity contribution < 1.29 is 9.94 Å². The number of ether oxygens (including phenoxy) is 1. The van der Waals surface area contributed by atoms with Crippen LogP contribution in [0.25, 0.3) is 0 Å². The van der Waals surface area contributed by atoms with Gasteiger partial charge >= 0.3 is 0 Å². The summed E-state index contributed by atoms with van der Waals surface area (Å²) in [5.74, 6) is 1.28. The van der Waals surface area contributed by atoms with Crippen molar-refractivity contribution in [3.05, 3.63) is 29.3 Å². The number of rotatable bonds is 6. The van der Waals surface area contributed by atoms with Crippen molar-refractivity contribution in [3.63, 3.8) is 0 Å². The molecule has 1 aliphatic rings. The second-order valence-corrected chi connectivity index (χ2v) is 5.99. The van der Waals surface area contributed by atoms with Gasteiger partial charge in [0.2, 0.25) is 0 Å². The zero-order chi connectivity index (χ0) is 15.4. The molecule has 1 heterocycles. The number of amidine groups is 1. The number of hydrogen-bond donors (Lipinski definition) is 2. The third-order valence-electron chi connectivity index (χ3n) is 3.91. The number of fused-ring (bicyclic) bond motifs is 1. The number of nitrogens with two attached hydrogens (primary N) is 1. The molecular weight excluding hydrogens is 266 g/mol. The van der Waals surface area contributed by atoms with E-state index in [1.54, 1.807) is 0 Å². The first-order valence-electron chi connectivity index (χ1n) is 7.46. The van der Waals surface area contributed by atoms with Crippen molar-refractivity contribution in [2.75, 3.05) is 13.1 Å². The summed E-state index contributed by atoms with van der Waals surface area (Å²) in [7, 11) is 0. The second-order valence-electron chi connectivity index (χ2n) is 5.99. The van der Waals surface area contributed by atoms with E-state index in [0.29, 0.717) is 12.5 Å². The van der Waals surface area contributed by atoms with Gasteiger partial charge in [-0.25, -0.2) is 0 Å². The minimum Gasteiger partial charge on any atom is -0.488 e. The normalized spacial score (nSPS) is 18.1. The lowest BCUT2D eigenvalue weighted by Crippen LogP contribution is -2.41. The Morgan fingerprint density at radius 2 is 2.29 bits per heavy atom. The van der Waals surface area contributed by atoms with Crippen LogP contribution in [0.2, 0.25) is 0 Å². The molecule has 1 aromatic rings. The van der Waals surface area contributed by atoms with Crippen LogP contribution in [0, 0.1) is 6.92 Å². The summed E-state index contributed by atoms with van der Waals surface area (Å²) in [6, 6.07) is 6.73. The van der Waals surface area contributed by atoms with Crippen molar-refractivity contribution in [1.82, 2.24) is 4.90 Å². The predicted octanol–water partition coefficient (Wildman–Crippen LogP) is 2.15. The van der Waals surface area contributed by atoms with Crippen LogP contribution in [-0.4, -0.2) is 41.2 Å². The van der Waals surface area contributed by atoms with Crippen LogP contribution < -0.4 is 10.5 Å². The average Bonchev–Trinajstić information content (AvgIpc) is 2.84. The molecule has 21 heavy (non-hydrogen) atoms. The Morgan fingerprint density at radius 1 is 1.52 bits per heavy atom.